The molecule has 24 heavy (non-hydrogen) atoms. The van der Waals surface area contributed by atoms with Crippen molar-refractivity contribution in [3.63, 3.8) is 0 Å². The summed E-state index contributed by atoms with van der Waals surface area (Å²) in [5.74, 6) is 0.423. The van der Waals surface area contributed by atoms with Crippen molar-refractivity contribution in [2.24, 2.45) is 5.10 Å². The summed E-state index contributed by atoms with van der Waals surface area (Å²) < 4.78 is 5.54. The number of hydrogen-bond donors (Lipinski definition) is 1. The lowest BCUT2D eigenvalue weighted by molar-refractivity contribution is 0.0955. The first-order chi connectivity index (χ1) is 11.6. The van der Waals surface area contributed by atoms with Crippen LogP contribution in [0.3, 0.4) is 0 Å². The third-order valence-electron chi connectivity index (χ3n) is 3.29. The minimum atomic E-state index is -0.263. The molecule has 0 aromatic heterocycles. The van der Waals surface area contributed by atoms with Crippen LogP contribution < -0.4 is 15.1 Å². The van der Waals surface area contributed by atoms with Crippen molar-refractivity contribution >= 4 is 17.8 Å². The van der Waals surface area contributed by atoms with Crippen LogP contribution in [0.1, 0.15) is 15.9 Å². The highest BCUT2D eigenvalue weighted by Gasteiger charge is 2.05. The molecule has 0 bridgehead atoms. The number of hydrogen-bond acceptors (Lipinski definition) is 4. The lowest BCUT2D eigenvalue weighted by Crippen LogP contribution is -2.18. The predicted molar refractivity (Wildman–Crippen MR) is 98.0 cm³/mol. The molecule has 5 heteroatoms. The number of rotatable bonds is 7. The molecule has 0 aliphatic carbocycles. The normalized spacial score (nSPS) is 10.4. The van der Waals surface area contributed by atoms with Gasteiger partial charge >= 0.3 is 0 Å². The number of carbonyl (C=O) groups excluding carboxylic acids is 1. The van der Waals surface area contributed by atoms with Gasteiger partial charge in [0.1, 0.15) is 12.4 Å². The Labute approximate surface area is 142 Å². The second-order valence-electron chi connectivity index (χ2n) is 5.28. The van der Waals surface area contributed by atoms with Crippen molar-refractivity contribution in [1.82, 2.24) is 5.43 Å². The van der Waals surface area contributed by atoms with E-state index in [0.29, 0.717) is 17.9 Å². The van der Waals surface area contributed by atoms with Gasteiger partial charge in [-0.05, 0) is 36.4 Å². The van der Waals surface area contributed by atoms with Gasteiger partial charge in [-0.3, -0.25) is 4.79 Å². The van der Waals surface area contributed by atoms with Crippen LogP contribution in [0.25, 0.3) is 0 Å². The Morgan fingerprint density at radius 2 is 1.92 bits per heavy atom. The third-order valence-corrected chi connectivity index (χ3v) is 3.29. The number of anilines is 1. The van der Waals surface area contributed by atoms with Crippen LogP contribution in [0.4, 0.5) is 5.69 Å². The fourth-order valence-electron chi connectivity index (χ4n) is 2.00. The molecule has 0 saturated heterocycles. The molecule has 2 rings (SSSR count). The maximum Gasteiger partial charge on any atom is 0.271 e. The molecule has 0 saturated carbocycles. The number of ether oxygens (including phenoxy) is 1. The molecule has 0 aliphatic rings. The summed E-state index contributed by atoms with van der Waals surface area (Å²) in [7, 11) is 3.90. The Balaban J connectivity index is 2.01. The molecule has 0 spiro atoms. The van der Waals surface area contributed by atoms with Crippen molar-refractivity contribution in [3.8, 4) is 5.75 Å². The quantitative estimate of drug-likeness (QED) is 0.484. The highest BCUT2D eigenvalue weighted by Crippen LogP contribution is 2.16. The van der Waals surface area contributed by atoms with E-state index >= 15 is 0 Å². The van der Waals surface area contributed by atoms with Gasteiger partial charge in [-0.2, -0.15) is 5.10 Å². The smallest absolute Gasteiger partial charge is 0.271 e. The van der Waals surface area contributed by atoms with Crippen LogP contribution in [-0.2, 0) is 0 Å². The molecule has 124 valence electrons. The van der Waals surface area contributed by atoms with Gasteiger partial charge in [0.2, 0.25) is 0 Å². The van der Waals surface area contributed by atoms with Gasteiger partial charge in [0.05, 0.1) is 6.21 Å². The molecule has 0 unspecified atom stereocenters. The second-order valence-corrected chi connectivity index (χ2v) is 5.28. The van der Waals surface area contributed by atoms with Crippen molar-refractivity contribution < 1.29 is 9.53 Å². The van der Waals surface area contributed by atoms with Crippen LogP contribution in [0, 0.1) is 0 Å². The SMILES string of the molecule is C=CCOc1ccccc1/C=N/NC(=O)c1ccc(N(C)C)cc1. The van der Waals surface area contributed by atoms with E-state index in [2.05, 4.69) is 17.1 Å². The summed E-state index contributed by atoms with van der Waals surface area (Å²) >= 11 is 0. The zero-order valence-electron chi connectivity index (χ0n) is 13.9. The highest BCUT2D eigenvalue weighted by molar-refractivity contribution is 5.95. The Hall–Kier alpha value is -3.08. The first-order valence-electron chi connectivity index (χ1n) is 7.55. The summed E-state index contributed by atoms with van der Waals surface area (Å²) in [4.78, 5) is 14.1. The molecule has 0 aliphatic heterocycles. The molecule has 2 aromatic rings. The van der Waals surface area contributed by atoms with E-state index < -0.39 is 0 Å². The van der Waals surface area contributed by atoms with Crippen molar-refractivity contribution in [1.29, 1.82) is 0 Å². The average Bonchev–Trinajstić information content (AvgIpc) is 2.60. The van der Waals surface area contributed by atoms with E-state index in [1.165, 1.54) is 0 Å². The molecule has 0 radical (unpaired) electrons. The summed E-state index contributed by atoms with van der Waals surface area (Å²) in [6.45, 7) is 4.03. The molecule has 1 amide bonds. The fraction of sp³-hybridized carbons (Fsp3) is 0.158. The predicted octanol–water partition coefficient (Wildman–Crippen LogP) is 3.08. The monoisotopic (exact) mass is 323 g/mol. The first kappa shape index (κ1) is 17.3. The highest BCUT2D eigenvalue weighted by atomic mass is 16.5. The molecule has 0 heterocycles. The molecule has 1 N–H and O–H groups in total. The van der Waals surface area contributed by atoms with Crippen molar-refractivity contribution in [2.75, 3.05) is 25.6 Å². The van der Waals surface area contributed by atoms with Crippen LogP contribution in [-0.4, -0.2) is 32.8 Å². The Morgan fingerprint density at radius 1 is 1.21 bits per heavy atom. The van der Waals surface area contributed by atoms with E-state index in [-0.39, 0.29) is 5.91 Å². The van der Waals surface area contributed by atoms with E-state index in [1.807, 2.05) is 55.4 Å². The number of para-hydroxylation sites is 1. The van der Waals surface area contributed by atoms with Crippen LogP contribution in [0.15, 0.2) is 66.3 Å². The molecule has 5 nitrogen and oxygen atoms in total. The van der Waals surface area contributed by atoms with Gasteiger partial charge in [-0.1, -0.05) is 24.8 Å². The van der Waals surface area contributed by atoms with Gasteiger partial charge in [0.15, 0.2) is 0 Å². The van der Waals surface area contributed by atoms with E-state index in [9.17, 15) is 4.79 Å². The Kier molecular flexibility index (Phi) is 6.14. The Morgan fingerprint density at radius 3 is 2.58 bits per heavy atom. The summed E-state index contributed by atoms with van der Waals surface area (Å²) in [6.07, 6.45) is 3.23. The number of amides is 1. The third kappa shape index (κ3) is 4.71. The zero-order valence-corrected chi connectivity index (χ0v) is 13.9. The van der Waals surface area contributed by atoms with Crippen molar-refractivity contribution in [3.05, 3.63) is 72.3 Å². The zero-order chi connectivity index (χ0) is 17.4. The number of nitrogens with one attached hydrogen (secondary N) is 1. The summed E-state index contributed by atoms with van der Waals surface area (Å²) in [6, 6.07) is 14.8. The Bertz CT molecular complexity index is 722. The lowest BCUT2D eigenvalue weighted by atomic mass is 10.2. The van der Waals surface area contributed by atoms with Crippen molar-refractivity contribution in [2.45, 2.75) is 0 Å². The van der Waals surface area contributed by atoms with Crippen LogP contribution >= 0.6 is 0 Å². The largest absolute Gasteiger partial charge is 0.489 e. The molecule has 0 fully saturated rings. The van der Waals surface area contributed by atoms with Gasteiger partial charge in [0, 0.05) is 30.9 Å². The minimum absolute atomic E-state index is 0.263. The molecule has 2 aromatic carbocycles. The van der Waals surface area contributed by atoms with Gasteiger partial charge in [-0.25, -0.2) is 5.43 Å². The van der Waals surface area contributed by atoms with Gasteiger partial charge < -0.3 is 9.64 Å². The lowest BCUT2D eigenvalue weighted by Gasteiger charge is -2.12. The topological polar surface area (TPSA) is 53.9 Å². The molecular weight excluding hydrogens is 302 g/mol. The van der Waals surface area contributed by atoms with Gasteiger partial charge in [-0.15, -0.1) is 0 Å². The van der Waals surface area contributed by atoms with E-state index in [4.69, 9.17) is 4.74 Å². The summed E-state index contributed by atoms with van der Waals surface area (Å²) in [5, 5.41) is 4.00. The maximum atomic E-state index is 12.1. The number of carbonyl (C=O) groups is 1. The van der Waals surface area contributed by atoms with Gasteiger partial charge in [0.25, 0.3) is 5.91 Å². The average molecular weight is 323 g/mol. The first-order valence-corrected chi connectivity index (χ1v) is 7.55. The van der Waals surface area contributed by atoms with Crippen LogP contribution in [0.2, 0.25) is 0 Å². The second kappa shape index (κ2) is 8.53. The summed E-state index contributed by atoms with van der Waals surface area (Å²) in [5.41, 5.74) is 4.88. The molecule has 0 atom stereocenters. The number of hydrazone groups is 1. The molecular formula is C19H21N3O2. The number of nitrogens with zero attached hydrogens (tertiary/aromatic N) is 2. The van der Waals surface area contributed by atoms with E-state index in [1.54, 1.807) is 24.4 Å². The maximum absolute atomic E-state index is 12.1. The standard InChI is InChI=1S/C19H21N3O2/c1-4-13-24-18-8-6-5-7-16(18)14-20-21-19(23)15-9-11-17(12-10-15)22(2)3/h4-12,14H,1,13H2,2-3H3,(H,21,23)/b20-14+. The number of benzene rings is 2. The minimum Gasteiger partial charge on any atom is -0.489 e. The van der Waals surface area contributed by atoms with E-state index in [0.717, 1.165) is 11.3 Å². The van der Waals surface area contributed by atoms with Crippen LogP contribution in [0.5, 0.6) is 5.75 Å². The fourth-order valence-corrected chi connectivity index (χ4v) is 2.00.